The molecule has 0 aliphatic heterocycles. The largest absolute Gasteiger partial charge is 0.493 e. The van der Waals surface area contributed by atoms with E-state index in [0.29, 0.717) is 34.1 Å². The molecule has 0 aliphatic rings. The lowest BCUT2D eigenvalue weighted by atomic mass is 10.1. The zero-order chi connectivity index (χ0) is 21.2. The number of carbonyl (C=O) groups excluding carboxylic acids is 2. The van der Waals surface area contributed by atoms with Crippen LogP contribution in [0.2, 0.25) is 0 Å². The fourth-order valence-corrected chi connectivity index (χ4v) is 2.56. The number of rotatable bonds is 8. The van der Waals surface area contributed by atoms with Crippen molar-refractivity contribution < 1.29 is 23.8 Å². The number of amides is 2. The Hall–Kier alpha value is -3.92. The van der Waals surface area contributed by atoms with Crippen LogP contribution in [0.3, 0.4) is 0 Å². The van der Waals surface area contributed by atoms with Gasteiger partial charge in [-0.25, -0.2) is 0 Å². The number of nitrogens with one attached hydrogen (secondary N) is 2. The molecular weight excluding hydrogens is 372 g/mol. The Balaban J connectivity index is 2.19. The first-order valence-electron chi connectivity index (χ1n) is 8.63. The van der Waals surface area contributed by atoms with Crippen LogP contribution in [-0.4, -0.2) is 39.7 Å². The summed E-state index contributed by atoms with van der Waals surface area (Å²) in [6, 6.07) is 10.1. The number of hydrogen-bond donors (Lipinski definition) is 2. The highest BCUT2D eigenvalue weighted by molar-refractivity contribution is 6.07. The van der Waals surface area contributed by atoms with Gasteiger partial charge in [0, 0.05) is 6.08 Å². The van der Waals surface area contributed by atoms with Crippen molar-refractivity contribution in [1.82, 2.24) is 5.32 Å². The van der Waals surface area contributed by atoms with Gasteiger partial charge in [-0.2, -0.15) is 0 Å². The van der Waals surface area contributed by atoms with E-state index in [1.54, 1.807) is 42.5 Å². The van der Waals surface area contributed by atoms with Gasteiger partial charge in [-0.3, -0.25) is 9.59 Å². The van der Waals surface area contributed by atoms with Crippen molar-refractivity contribution in [2.24, 2.45) is 0 Å². The highest BCUT2D eigenvalue weighted by Crippen LogP contribution is 2.38. The van der Waals surface area contributed by atoms with Crippen LogP contribution in [0, 0.1) is 12.3 Å². The van der Waals surface area contributed by atoms with Crippen LogP contribution in [0.5, 0.6) is 17.2 Å². The van der Waals surface area contributed by atoms with Gasteiger partial charge in [0.2, 0.25) is 11.7 Å². The maximum atomic E-state index is 12.4. The number of anilines is 1. The fraction of sp³-hybridized carbons (Fsp3) is 0.182. The molecule has 0 spiro atoms. The van der Waals surface area contributed by atoms with E-state index in [4.69, 9.17) is 20.6 Å². The Labute approximate surface area is 169 Å². The zero-order valence-corrected chi connectivity index (χ0v) is 16.4. The average Bonchev–Trinajstić information content (AvgIpc) is 2.75. The molecule has 0 aliphatic carbocycles. The number of ether oxygens (including phenoxy) is 3. The molecule has 29 heavy (non-hydrogen) atoms. The number of benzene rings is 2. The fourth-order valence-electron chi connectivity index (χ4n) is 2.56. The molecule has 0 radical (unpaired) electrons. The van der Waals surface area contributed by atoms with Crippen molar-refractivity contribution in [2.45, 2.75) is 0 Å². The molecule has 2 aromatic carbocycles. The van der Waals surface area contributed by atoms with Crippen molar-refractivity contribution >= 4 is 23.6 Å². The number of carbonyl (C=O) groups is 2. The minimum atomic E-state index is -0.407. The number of hydrogen-bond acceptors (Lipinski definition) is 5. The van der Waals surface area contributed by atoms with Crippen LogP contribution in [-0.2, 0) is 4.79 Å². The summed E-state index contributed by atoms with van der Waals surface area (Å²) >= 11 is 0. The second-order valence-electron chi connectivity index (χ2n) is 5.71. The molecular formula is C22H22N2O5. The lowest BCUT2D eigenvalue weighted by Gasteiger charge is -2.13. The number of para-hydroxylation sites is 1. The molecule has 2 N–H and O–H groups in total. The molecule has 0 unspecified atom stereocenters. The maximum Gasteiger partial charge on any atom is 0.254 e. The first-order valence-corrected chi connectivity index (χ1v) is 8.63. The van der Waals surface area contributed by atoms with Crippen LogP contribution in [0.1, 0.15) is 15.9 Å². The van der Waals surface area contributed by atoms with Gasteiger partial charge in [0.05, 0.1) is 39.1 Å². The predicted molar refractivity (Wildman–Crippen MR) is 111 cm³/mol. The molecule has 0 bridgehead atoms. The van der Waals surface area contributed by atoms with Crippen LogP contribution >= 0.6 is 0 Å². The van der Waals surface area contributed by atoms with Gasteiger partial charge in [-0.15, -0.1) is 6.42 Å². The van der Waals surface area contributed by atoms with Crippen LogP contribution in [0.25, 0.3) is 6.08 Å². The molecule has 0 fully saturated rings. The summed E-state index contributed by atoms with van der Waals surface area (Å²) < 4.78 is 15.9. The summed E-state index contributed by atoms with van der Waals surface area (Å²) in [5, 5.41) is 5.26. The molecule has 0 atom stereocenters. The van der Waals surface area contributed by atoms with E-state index in [0.717, 1.165) is 0 Å². The Bertz CT molecular complexity index is 935. The first-order chi connectivity index (χ1) is 14.0. The minimum Gasteiger partial charge on any atom is -0.493 e. The van der Waals surface area contributed by atoms with E-state index in [9.17, 15) is 9.59 Å². The third-order valence-corrected chi connectivity index (χ3v) is 3.89. The van der Waals surface area contributed by atoms with Crippen LogP contribution < -0.4 is 24.8 Å². The van der Waals surface area contributed by atoms with Gasteiger partial charge in [0.1, 0.15) is 0 Å². The Morgan fingerprint density at radius 3 is 2.31 bits per heavy atom. The molecule has 7 heteroatoms. The van der Waals surface area contributed by atoms with Crippen LogP contribution in [0.15, 0.2) is 42.5 Å². The van der Waals surface area contributed by atoms with E-state index >= 15 is 0 Å². The molecule has 2 rings (SSSR count). The van der Waals surface area contributed by atoms with Gasteiger partial charge in [0.15, 0.2) is 11.5 Å². The third-order valence-electron chi connectivity index (χ3n) is 3.89. The monoisotopic (exact) mass is 394 g/mol. The third kappa shape index (κ3) is 5.53. The van der Waals surface area contributed by atoms with Crippen molar-refractivity contribution in [2.75, 3.05) is 33.2 Å². The minimum absolute atomic E-state index is 0.0994. The lowest BCUT2D eigenvalue weighted by molar-refractivity contribution is -0.111. The number of methoxy groups -OCH3 is 3. The second kappa shape index (κ2) is 10.4. The van der Waals surface area contributed by atoms with Crippen molar-refractivity contribution in [3.05, 3.63) is 53.6 Å². The normalized spacial score (nSPS) is 10.1. The Morgan fingerprint density at radius 2 is 1.72 bits per heavy atom. The van der Waals surface area contributed by atoms with Crippen molar-refractivity contribution in [1.29, 1.82) is 0 Å². The predicted octanol–water partition coefficient (Wildman–Crippen LogP) is 2.73. The van der Waals surface area contributed by atoms with Crippen molar-refractivity contribution in [3.63, 3.8) is 0 Å². The number of terminal acetylenes is 1. The standard InChI is InChI=1S/C22H22N2O5/c1-5-12-23-22(26)16-8-6-7-9-17(16)24-20(25)11-10-15-13-18(27-2)21(29-4)19(14-15)28-3/h1,6-11,13-14H,12H2,2-4H3,(H,23,26)(H,24,25)/b11-10+. The highest BCUT2D eigenvalue weighted by atomic mass is 16.5. The van der Waals surface area contributed by atoms with E-state index in [-0.39, 0.29) is 12.5 Å². The average molecular weight is 394 g/mol. The summed E-state index contributed by atoms with van der Waals surface area (Å²) in [5.41, 5.74) is 1.37. The highest BCUT2D eigenvalue weighted by Gasteiger charge is 2.13. The molecule has 2 amide bonds. The molecule has 7 nitrogen and oxygen atoms in total. The summed E-state index contributed by atoms with van der Waals surface area (Å²) in [6.07, 6.45) is 8.10. The maximum absolute atomic E-state index is 12.4. The smallest absolute Gasteiger partial charge is 0.254 e. The van der Waals surface area contributed by atoms with E-state index in [1.807, 2.05) is 0 Å². The van der Waals surface area contributed by atoms with Gasteiger partial charge in [-0.1, -0.05) is 18.1 Å². The first kappa shape index (κ1) is 21.4. The molecule has 2 aromatic rings. The SMILES string of the molecule is C#CCNC(=O)c1ccccc1NC(=O)/C=C/c1cc(OC)c(OC)c(OC)c1. The molecule has 150 valence electrons. The van der Waals surface area contributed by atoms with E-state index in [2.05, 4.69) is 16.6 Å². The molecule has 0 aromatic heterocycles. The van der Waals surface area contributed by atoms with Crippen molar-refractivity contribution in [3.8, 4) is 29.6 Å². The summed E-state index contributed by atoms with van der Waals surface area (Å²) in [6.45, 7) is 0.0994. The quantitative estimate of drug-likeness (QED) is 0.531. The summed E-state index contributed by atoms with van der Waals surface area (Å²) in [7, 11) is 4.54. The zero-order valence-electron chi connectivity index (χ0n) is 16.4. The molecule has 0 saturated carbocycles. The Morgan fingerprint density at radius 1 is 1.07 bits per heavy atom. The van der Waals surface area contributed by atoms with Crippen LogP contribution in [0.4, 0.5) is 5.69 Å². The Kier molecular flexibility index (Phi) is 7.68. The topological polar surface area (TPSA) is 85.9 Å². The second-order valence-corrected chi connectivity index (χ2v) is 5.71. The van der Waals surface area contributed by atoms with Gasteiger partial charge < -0.3 is 24.8 Å². The molecule has 0 saturated heterocycles. The molecule has 0 heterocycles. The van der Waals surface area contributed by atoms with E-state index < -0.39 is 5.91 Å². The van der Waals surface area contributed by atoms with Gasteiger partial charge in [-0.05, 0) is 35.9 Å². The lowest BCUT2D eigenvalue weighted by Crippen LogP contribution is -2.25. The van der Waals surface area contributed by atoms with E-state index in [1.165, 1.54) is 27.4 Å². The van der Waals surface area contributed by atoms with Gasteiger partial charge in [0.25, 0.3) is 5.91 Å². The summed E-state index contributed by atoms with van der Waals surface area (Å²) in [4.78, 5) is 24.5. The van der Waals surface area contributed by atoms with Gasteiger partial charge >= 0.3 is 0 Å². The summed E-state index contributed by atoms with van der Waals surface area (Å²) in [5.74, 6) is 2.97.